The standard InChI is InChI=1S/C38H61N7O8S2/c1-24(2)22-45(42-36(50)34(26(5)6)41-38(52)44-16-20-55-21-17-44)23-28(53-30(48)13-12-29(46)47)31(32(39)27-10-8-7-9-11-27)35(49)33(25(3)4)40-37(51)43-14-18-54-19-15-43/h7-11,24-26,28,31-34H,12-23,39H2,1-6H3,(H,40,51)(H,41,52)(H,42,50)(H,46,47)/t28-,31-,32?,33+,34+/m1/s1. The summed E-state index contributed by atoms with van der Waals surface area (Å²) in [5, 5.41) is 16.7. The van der Waals surface area contributed by atoms with Crippen LogP contribution in [0.2, 0.25) is 0 Å². The van der Waals surface area contributed by atoms with Crippen molar-refractivity contribution in [1.82, 2.24) is 30.9 Å². The number of rotatable bonds is 19. The van der Waals surface area contributed by atoms with Crippen LogP contribution in [0.4, 0.5) is 9.59 Å². The van der Waals surface area contributed by atoms with Gasteiger partial charge in [0.1, 0.15) is 12.1 Å². The van der Waals surface area contributed by atoms with Gasteiger partial charge >= 0.3 is 24.0 Å². The summed E-state index contributed by atoms with van der Waals surface area (Å²) in [7, 11) is 0. The van der Waals surface area contributed by atoms with Gasteiger partial charge < -0.3 is 36.0 Å². The van der Waals surface area contributed by atoms with Crippen molar-refractivity contribution in [2.75, 3.05) is 62.3 Å². The van der Waals surface area contributed by atoms with Crippen LogP contribution in [0.15, 0.2) is 30.3 Å². The number of hydrogen-bond donors (Lipinski definition) is 5. The fourth-order valence-corrected chi connectivity index (χ4v) is 8.28. The van der Waals surface area contributed by atoms with Gasteiger partial charge in [0.15, 0.2) is 5.78 Å². The number of carbonyl (C=O) groups is 6. The van der Waals surface area contributed by atoms with Crippen LogP contribution < -0.4 is 21.8 Å². The van der Waals surface area contributed by atoms with Gasteiger partial charge in [0.05, 0.1) is 31.3 Å². The highest BCUT2D eigenvalue weighted by molar-refractivity contribution is 7.99. The van der Waals surface area contributed by atoms with Crippen molar-refractivity contribution in [2.24, 2.45) is 29.4 Å². The molecule has 1 aromatic carbocycles. The van der Waals surface area contributed by atoms with Crippen LogP contribution in [0, 0.1) is 23.7 Å². The molecule has 0 radical (unpaired) electrons. The molecule has 0 spiro atoms. The number of hydrazine groups is 1. The predicted molar refractivity (Wildman–Crippen MR) is 215 cm³/mol. The Bertz CT molecular complexity index is 1420. The Hall–Kier alpha value is -3.54. The third-order valence-electron chi connectivity index (χ3n) is 9.46. The summed E-state index contributed by atoms with van der Waals surface area (Å²) in [4.78, 5) is 83.7. The van der Waals surface area contributed by atoms with Crippen molar-refractivity contribution in [3.63, 3.8) is 0 Å². The maximum atomic E-state index is 14.9. The first-order valence-electron chi connectivity index (χ1n) is 19.2. The van der Waals surface area contributed by atoms with Gasteiger partial charge in [0.25, 0.3) is 5.91 Å². The maximum absolute atomic E-state index is 14.9. The largest absolute Gasteiger partial charge is 0.481 e. The normalized spacial score (nSPS) is 17.7. The highest BCUT2D eigenvalue weighted by Crippen LogP contribution is 2.29. The van der Waals surface area contributed by atoms with E-state index in [0.717, 1.165) is 23.0 Å². The topological polar surface area (TPSA) is 204 Å². The quantitative estimate of drug-likeness (QED) is 0.101. The molecule has 3 rings (SSSR count). The average molecular weight is 808 g/mol. The third-order valence-corrected chi connectivity index (χ3v) is 11.3. The summed E-state index contributed by atoms with van der Waals surface area (Å²) in [6.07, 6.45) is -2.26. The highest BCUT2D eigenvalue weighted by atomic mass is 32.2. The number of hydrogen-bond acceptors (Lipinski definition) is 11. The molecule has 5 amide bonds. The number of nitrogens with zero attached hydrogens (tertiary/aromatic N) is 3. The van der Waals surface area contributed by atoms with Crippen molar-refractivity contribution in [2.45, 2.75) is 78.6 Å². The Morgan fingerprint density at radius 1 is 0.782 bits per heavy atom. The number of benzene rings is 1. The van der Waals surface area contributed by atoms with Gasteiger partial charge in [0, 0.05) is 61.8 Å². The molecule has 1 unspecified atom stereocenters. The number of ether oxygens (including phenoxy) is 1. The Morgan fingerprint density at radius 2 is 1.29 bits per heavy atom. The number of carbonyl (C=O) groups excluding carboxylic acids is 5. The fraction of sp³-hybridized carbons (Fsp3) is 0.684. The van der Waals surface area contributed by atoms with Crippen LogP contribution >= 0.6 is 23.5 Å². The summed E-state index contributed by atoms with van der Waals surface area (Å²) < 4.78 is 6.02. The van der Waals surface area contributed by atoms with E-state index >= 15 is 0 Å². The molecule has 15 nitrogen and oxygen atoms in total. The molecule has 0 bridgehead atoms. The summed E-state index contributed by atoms with van der Waals surface area (Å²) in [6.45, 7) is 13.4. The summed E-state index contributed by atoms with van der Waals surface area (Å²) in [5.41, 5.74) is 10.5. The number of ketones is 1. The minimum Gasteiger partial charge on any atom is -0.481 e. The van der Waals surface area contributed by atoms with E-state index in [1.165, 1.54) is 0 Å². The van der Waals surface area contributed by atoms with Gasteiger partial charge in [-0.1, -0.05) is 71.9 Å². The van der Waals surface area contributed by atoms with Crippen LogP contribution in [0.3, 0.4) is 0 Å². The van der Waals surface area contributed by atoms with Gasteiger partial charge in [-0.2, -0.15) is 23.5 Å². The van der Waals surface area contributed by atoms with Crippen molar-refractivity contribution >= 4 is 59.2 Å². The average Bonchev–Trinajstić information content (AvgIpc) is 3.15. The summed E-state index contributed by atoms with van der Waals surface area (Å²) >= 11 is 3.51. The second-order valence-corrected chi connectivity index (χ2v) is 17.6. The van der Waals surface area contributed by atoms with E-state index in [4.69, 9.17) is 10.5 Å². The lowest BCUT2D eigenvalue weighted by Gasteiger charge is -2.38. The van der Waals surface area contributed by atoms with E-state index in [2.05, 4.69) is 16.1 Å². The predicted octanol–water partition coefficient (Wildman–Crippen LogP) is 3.20. The summed E-state index contributed by atoms with van der Waals surface area (Å²) in [6, 6.07) is 5.18. The lowest BCUT2D eigenvalue weighted by Crippen LogP contribution is -2.60. The molecule has 2 aliphatic rings. The van der Waals surface area contributed by atoms with E-state index in [0.29, 0.717) is 31.7 Å². The molecular weight excluding hydrogens is 747 g/mol. The third kappa shape index (κ3) is 14.8. The molecule has 0 aromatic heterocycles. The molecule has 55 heavy (non-hydrogen) atoms. The first-order chi connectivity index (χ1) is 26.1. The lowest BCUT2D eigenvalue weighted by molar-refractivity contribution is -0.159. The lowest BCUT2D eigenvalue weighted by atomic mass is 9.80. The van der Waals surface area contributed by atoms with Gasteiger partial charge in [-0.05, 0) is 23.3 Å². The molecule has 0 aliphatic carbocycles. The van der Waals surface area contributed by atoms with Gasteiger partial charge in [-0.25, -0.2) is 14.6 Å². The highest BCUT2D eigenvalue weighted by Gasteiger charge is 2.43. The number of esters is 1. The fourth-order valence-electron chi connectivity index (χ4n) is 6.47. The van der Waals surface area contributed by atoms with Gasteiger partial charge in [0.2, 0.25) is 0 Å². The Labute approximate surface area is 333 Å². The second kappa shape index (κ2) is 22.9. The summed E-state index contributed by atoms with van der Waals surface area (Å²) in [5.74, 6) is -1.78. The van der Waals surface area contributed by atoms with Crippen LogP contribution in [0.1, 0.15) is 66.0 Å². The minimum atomic E-state index is -1.30. The number of carboxylic acids is 1. The first-order valence-corrected chi connectivity index (χ1v) is 21.5. The molecular formula is C38H61N7O8S2. The van der Waals surface area contributed by atoms with Crippen molar-refractivity contribution in [1.29, 1.82) is 0 Å². The van der Waals surface area contributed by atoms with E-state index in [9.17, 15) is 33.9 Å². The minimum absolute atomic E-state index is 0.0241. The molecule has 2 aliphatic heterocycles. The van der Waals surface area contributed by atoms with Gasteiger partial charge in [-0.3, -0.25) is 24.6 Å². The number of carboxylic acid groups (broad SMARTS) is 1. The maximum Gasteiger partial charge on any atom is 0.318 e. The molecule has 2 fully saturated rings. The van der Waals surface area contributed by atoms with E-state index < -0.39 is 66.6 Å². The molecule has 1 aromatic rings. The number of nitrogens with two attached hydrogens (primary N) is 1. The van der Waals surface area contributed by atoms with Crippen LogP contribution in [0.25, 0.3) is 0 Å². The van der Waals surface area contributed by atoms with Crippen molar-refractivity contribution in [3.8, 4) is 0 Å². The second-order valence-electron chi connectivity index (χ2n) is 15.1. The first kappa shape index (κ1) is 45.8. The zero-order chi connectivity index (χ0) is 40.7. The molecule has 5 atom stereocenters. The zero-order valence-electron chi connectivity index (χ0n) is 33.0. The molecule has 6 N–H and O–H groups in total. The molecule has 2 heterocycles. The number of urea groups is 2. The molecule has 0 saturated carbocycles. The molecule has 17 heteroatoms. The monoisotopic (exact) mass is 807 g/mol. The van der Waals surface area contributed by atoms with Crippen molar-refractivity contribution in [3.05, 3.63) is 35.9 Å². The number of aliphatic carboxylic acids is 1. The number of amides is 5. The van der Waals surface area contributed by atoms with E-state index in [1.807, 2.05) is 41.5 Å². The molecule has 2 saturated heterocycles. The van der Waals surface area contributed by atoms with Crippen LogP contribution in [0.5, 0.6) is 0 Å². The number of nitrogens with one attached hydrogen (secondary N) is 3. The Kier molecular flexibility index (Phi) is 19.1. The number of thioether (sulfide) groups is 2. The van der Waals surface area contributed by atoms with E-state index in [-0.39, 0.29) is 42.9 Å². The number of Topliss-reactive ketones (excluding diaryl/α,β-unsaturated/α-hetero) is 1. The van der Waals surface area contributed by atoms with Crippen LogP contribution in [-0.2, 0) is 23.9 Å². The Morgan fingerprint density at radius 3 is 1.76 bits per heavy atom. The molecule has 308 valence electrons. The van der Waals surface area contributed by atoms with Crippen LogP contribution in [-0.4, -0.2) is 136 Å². The Balaban J connectivity index is 2.03. The van der Waals surface area contributed by atoms with Crippen molar-refractivity contribution < 1.29 is 38.6 Å². The van der Waals surface area contributed by atoms with E-state index in [1.54, 1.807) is 68.7 Å². The van der Waals surface area contributed by atoms with Gasteiger partial charge in [-0.15, -0.1) is 0 Å². The smallest absolute Gasteiger partial charge is 0.318 e. The zero-order valence-corrected chi connectivity index (χ0v) is 34.7. The SMILES string of the molecule is CC(C)CN(C[C@@H](OC(=O)CCC(=O)O)[C@@H](C(=O)[C@@H](NC(=O)N1CCSCC1)C(C)C)C(N)c1ccccc1)NC(=O)[C@@H](NC(=O)N1CCSCC1)C(C)C.